The van der Waals surface area contributed by atoms with Crippen molar-refractivity contribution in [3.63, 3.8) is 0 Å². The van der Waals surface area contributed by atoms with Crippen LogP contribution in [0.2, 0.25) is 5.02 Å². The molecule has 17 heavy (non-hydrogen) atoms. The monoisotopic (exact) mass is 256 g/mol. The van der Waals surface area contributed by atoms with Gasteiger partial charge in [-0.3, -0.25) is 4.79 Å². The van der Waals surface area contributed by atoms with Crippen LogP contribution in [0.1, 0.15) is 24.2 Å². The summed E-state index contributed by atoms with van der Waals surface area (Å²) >= 11 is 5.92. The molecule has 0 aromatic heterocycles. The van der Waals surface area contributed by atoms with Crippen LogP contribution >= 0.6 is 11.6 Å². The molecule has 5 heteroatoms. The maximum absolute atomic E-state index is 11.9. The Morgan fingerprint density at radius 1 is 1.53 bits per heavy atom. The van der Waals surface area contributed by atoms with Gasteiger partial charge in [-0.2, -0.15) is 0 Å². The van der Waals surface area contributed by atoms with E-state index in [0.717, 1.165) is 0 Å². The lowest BCUT2D eigenvalue weighted by atomic mass is 9.95. The van der Waals surface area contributed by atoms with Gasteiger partial charge in [-0.25, -0.2) is 0 Å². The molecule has 4 nitrogen and oxygen atoms in total. The Bertz CT molecular complexity index is 399. The molecule has 0 atom stereocenters. The van der Waals surface area contributed by atoms with Gasteiger partial charge >= 0.3 is 0 Å². The molecule has 94 valence electrons. The van der Waals surface area contributed by atoms with E-state index in [1.54, 1.807) is 18.2 Å². The van der Waals surface area contributed by atoms with Gasteiger partial charge in [-0.15, -0.1) is 0 Å². The van der Waals surface area contributed by atoms with Crippen LogP contribution in [-0.2, 0) is 0 Å². The minimum atomic E-state index is -0.369. The number of aliphatic hydroxyl groups is 1. The highest BCUT2D eigenvalue weighted by atomic mass is 35.5. The van der Waals surface area contributed by atoms with Gasteiger partial charge in [0.1, 0.15) is 0 Å². The number of carbonyl (C=O) groups excluding carboxylic acids is 1. The zero-order valence-electron chi connectivity index (χ0n) is 9.96. The van der Waals surface area contributed by atoms with Gasteiger partial charge in [0.2, 0.25) is 0 Å². The molecule has 0 aliphatic heterocycles. The summed E-state index contributed by atoms with van der Waals surface area (Å²) in [6, 6.07) is 4.92. The van der Waals surface area contributed by atoms with Gasteiger partial charge < -0.3 is 16.2 Å². The van der Waals surface area contributed by atoms with Crippen LogP contribution < -0.4 is 11.1 Å². The fourth-order valence-corrected chi connectivity index (χ4v) is 1.51. The molecule has 0 spiro atoms. The van der Waals surface area contributed by atoms with E-state index in [1.165, 1.54) is 0 Å². The van der Waals surface area contributed by atoms with Crippen molar-refractivity contribution >= 4 is 23.2 Å². The number of nitrogen functional groups attached to an aromatic ring is 1. The van der Waals surface area contributed by atoms with E-state index in [0.29, 0.717) is 17.3 Å². The molecule has 0 saturated carbocycles. The van der Waals surface area contributed by atoms with Gasteiger partial charge in [0.05, 0.1) is 10.6 Å². The van der Waals surface area contributed by atoms with Crippen molar-refractivity contribution in [2.45, 2.75) is 13.8 Å². The quantitative estimate of drug-likeness (QED) is 0.718. The maximum Gasteiger partial charge on any atom is 0.254 e. The molecule has 1 aromatic rings. The van der Waals surface area contributed by atoms with Gasteiger partial charge in [0, 0.05) is 24.3 Å². The van der Waals surface area contributed by atoms with E-state index in [4.69, 9.17) is 22.4 Å². The first-order valence-corrected chi connectivity index (χ1v) is 5.68. The molecule has 0 aliphatic rings. The molecule has 0 bridgehead atoms. The van der Waals surface area contributed by atoms with E-state index >= 15 is 0 Å². The Labute approximate surface area is 106 Å². The van der Waals surface area contributed by atoms with Crippen LogP contribution in [0.4, 0.5) is 5.69 Å². The van der Waals surface area contributed by atoms with Crippen LogP contribution in [0.25, 0.3) is 0 Å². The van der Waals surface area contributed by atoms with Crippen molar-refractivity contribution in [1.29, 1.82) is 0 Å². The summed E-state index contributed by atoms with van der Waals surface area (Å²) in [5.41, 5.74) is 5.95. The molecule has 0 fully saturated rings. The third-order valence-electron chi connectivity index (χ3n) is 2.43. The number of benzene rings is 1. The second-order valence-electron chi connectivity index (χ2n) is 4.71. The molecule has 1 rings (SSSR count). The molecule has 0 radical (unpaired) electrons. The average molecular weight is 257 g/mol. The van der Waals surface area contributed by atoms with Crippen molar-refractivity contribution in [3.05, 3.63) is 28.8 Å². The van der Waals surface area contributed by atoms with Crippen LogP contribution in [0.3, 0.4) is 0 Å². The number of anilines is 1. The first-order chi connectivity index (χ1) is 7.87. The van der Waals surface area contributed by atoms with E-state index < -0.39 is 0 Å². The minimum Gasteiger partial charge on any atom is -0.398 e. The van der Waals surface area contributed by atoms with Gasteiger partial charge in [0.25, 0.3) is 5.91 Å². The number of halogens is 1. The Kier molecular flexibility index (Phi) is 4.37. The number of hydrogen-bond acceptors (Lipinski definition) is 3. The predicted octanol–water partition coefficient (Wildman–Crippen LogP) is 1.67. The molecular formula is C12H17ClN2O2. The van der Waals surface area contributed by atoms with E-state index in [-0.39, 0.29) is 23.5 Å². The van der Waals surface area contributed by atoms with Gasteiger partial charge in [-0.1, -0.05) is 31.5 Å². The highest BCUT2D eigenvalue weighted by Crippen LogP contribution is 2.22. The van der Waals surface area contributed by atoms with Gasteiger partial charge in [-0.05, 0) is 12.1 Å². The second kappa shape index (κ2) is 5.38. The average Bonchev–Trinajstić information content (AvgIpc) is 2.26. The van der Waals surface area contributed by atoms with E-state index in [2.05, 4.69) is 5.32 Å². The minimum absolute atomic E-state index is 0.00865. The third kappa shape index (κ3) is 3.61. The highest BCUT2D eigenvalue weighted by Gasteiger charge is 2.20. The molecule has 0 heterocycles. The standard InChI is InChI=1S/C12H17ClN2O2/c1-12(2,7-16)6-15-11(17)10-8(13)4-3-5-9(10)14/h3-5,16H,6-7,14H2,1-2H3,(H,15,17). The van der Waals surface area contributed by atoms with Crippen molar-refractivity contribution in [3.8, 4) is 0 Å². The smallest absolute Gasteiger partial charge is 0.254 e. The first-order valence-electron chi connectivity index (χ1n) is 5.30. The number of nitrogens with two attached hydrogens (primary N) is 1. The zero-order chi connectivity index (χ0) is 13.1. The van der Waals surface area contributed by atoms with E-state index in [9.17, 15) is 4.79 Å². The van der Waals surface area contributed by atoms with Crippen molar-refractivity contribution in [2.75, 3.05) is 18.9 Å². The lowest BCUT2D eigenvalue weighted by molar-refractivity contribution is 0.0912. The number of rotatable bonds is 4. The number of amides is 1. The SMILES string of the molecule is CC(C)(CO)CNC(=O)c1c(N)cccc1Cl. The largest absolute Gasteiger partial charge is 0.398 e. The summed E-state index contributed by atoms with van der Waals surface area (Å²) in [5.74, 6) is -0.324. The fraction of sp³-hybridized carbons (Fsp3) is 0.417. The fourth-order valence-electron chi connectivity index (χ4n) is 1.24. The Hall–Kier alpha value is -1.26. The van der Waals surface area contributed by atoms with Crippen LogP contribution in [0.15, 0.2) is 18.2 Å². The normalized spacial score (nSPS) is 11.3. The zero-order valence-corrected chi connectivity index (χ0v) is 10.7. The predicted molar refractivity (Wildman–Crippen MR) is 69.1 cm³/mol. The Balaban J connectivity index is 2.78. The lowest BCUT2D eigenvalue weighted by Crippen LogP contribution is -2.36. The second-order valence-corrected chi connectivity index (χ2v) is 5.12. The van der Waals surface area contributed by atoms with Crippen molar-refractivity contribution in [2.24, 2.45) is 5.41 Å². The van der Waals surface area contributed by atoms with Crippen molar-refractivity contribution in [1.82, 2.24) is 5.32 Å². The van der Waals surface area contributed by atoms with Gasteiger partial charge in [0.15, 0.2) is 0 Å². The Morgan fingerprint density at radius 3 is 2.71 bits per heavy atom. The van der Waals surface area contributed by atoms with Crippen molar-refractivity contribution < 1.29 is 9.90 Å². The van der Waals surface area contributed by atoms with Crippen LogP contribution in [0.5, 0.6) is 0 Å². The topological polar surface area (TPSA) is 75.3 Å². The molecule has 0 saturated heterocycles. The summed E-state index contributed by atoms with van der Waals surface area (Å²) in [4.78, 5) is 11.9. The van der Waals surface area contributed by atoms with Crippen LogP contribution in [0, 0.1) is 5.41 Å². The lowest BCUT2D eigenvalue weighted by Gasteiger charge is -2.22. The number of nitrogens with one attached hydrogen (secondary N) is 1. The molecule has 0 unspecified atom stereocenters. The highest BCUT2D eigenvalue weighted by molar-refractivity contribution is 6.34. The van der Waals surface area contributed by atoms with Crippen LogP contribution in [-0.4, -0.2) is 24.2 Å². The summed E-state index contributed by atoms with van der Waals surface area (Å²) in [6.45, 7) is 4.05. The summed E-state index contributed by atoms with van der Waals surface area (Å²) in [6.07, 6.45) is 0. The third-order valence-corrected chi connectivity index (χ3v) is 2.74. The Morgan fingerprint density at radius 2 is 2.18 bits per heavy atom. The molecule has 4 N–H and O–H groups in total. The molecular weight excluding hydrogens is 240 g/mol. The molecule has 0 aliphatic carbocycles. The maximum atomic E-state index is 11.9. The molecule has 1 aromatic carbocycles. The summed E-state index contributed by atoms with van der Waals surface area (Å²) in [7, 11) is 0. The summed E-state index contributed by atoms with van der Waals surface area (Å²) in [5, 5.41) is 12.1. The number of aliphatic hydroxyl groups excluding tert-OH is 1. The molecule has 1 amide bonds. The summed E-state index contributed by atoms with van der Waals surface area (Å²) < 4.78 is 0. The van der Waals surface area contributed by atoms with E-state index in [1.807, 2.05) is 13.8 Å². The first kappa shape index (κ1) is 13.8. The number of carbonyl (C=O) groups is 1. The number of hydrogen-bond donors (Lipinski definition) is 3.